The molecule has 1 aliphatic heterocycles. The van der Waals surface area contributed by atoms with E-state index in [2.05, 4.69) is 51.6 Å². The van der Waals surface area contributed by atoms with Gasteiger partial charge in [0.1, 0.15) is 0 Å². The minimum absolute atomic E-state index is 0.148. The second-order valence-electron chi connectivity index (χ2n) is 6.84. The number of nitrogens with zero attached hydrogens (tertiary/aromatic N) is 2. The zero-order valence-corrected chi connectivity index (χ0v) is 15.5. The third-order valence-corrected chi connectivity index (χ3v) is 4.52. The van der Waals surface area contributed by atoms with Gasteiger partial charge in [-0.2, -0.15) is 0 Å². The molecule has 1 aromatic rings. The van der Waals surface area contributed by atoms with Crippen molar-refractivity contribution in [2.75, 3.05) is 50.7 Å². The van der Waals surface area contributed by atoms with E-state index in [9.17, 15) is 4.79 Å². The monoisotopic (exact) mass is 348 g/mol. The molecule has 1 unspecified atom stereocenters. The van der Waals surface area contributed by atoms with Gasteiger partial charge in [0, 0.05) is 45.0 Å². The molecule has 1 heterocycles. The average molecular weight is 348 g/mol. The Morgan fingerprint density at radius 3 is 2.60 bits per heavy atom. The molecule has 1 aromatic carbocycles. The van der Waals surface area contributed by atoms with Crippen molar-refractivity contribution < 1.29 is 9.90 Å². The number of rotatable bonds is 8. The van der Waals surface area contributed by atoms with Gasteiger partial charge < -0.3 is 20.6 Å². The first-order valence-corrected chi connectivity index (χ1v) is 9.28. The van der Waals surface area contributed by atoms with Gasteiger partial charge in [0.15, 0.2) is 0 Å². The minimum Gasteiger partial charge on any atom is -0.393 e. The molecule has 2 amide bonds. The van der Waals surface area contributed by atoms with E-state index in [1.54, 1.807) is 6.92 Å². The van der Waals surface area contributed by atoms with E-state index in [0.29, 0.717) is 19.5 Å². The normalized spacial score (nSPS) is 16.5. The number of aliphatic hydroxyl groups is 1. The third kappa shape index (κ3) is 7.32. The Balaban J connectivity index is 1.56. The van der Waals surface area contributed by atoms with Crippen LogP contribution < -0.4 is 15.5 Å². The topological polar surface area (TPSA) is 67.8 Å². The van der Waals surface area contributed by atoms with E-state index < -0.39 is 0 Å². The van der Waals surface area contributed by atoms with Crippen molar-refractivity contribution in [3.63, 3.8) is 0 Å². The summed E-state index contributed by atoms with van der Waals surface area (Å²) >= 11 is 0. The van der Waals surface area contributed by atoms with Gasteiger partial charge in [-0.3, -0.25) is 4.90 Å². The van der Waals surface area contributed by atoms with Crippen molar-refractivity contribution in [1.82, 2.24) is 15.5 Å². The molecule has 0 aromatic heterocycles. The summed E-state index contributed by atoms with van der Waals surface area (Å²) in [6, 6.07) is 8.53. The van der Waals surface area contributed by atoms with Crippen molar-refractivity contribution in [1.29, 1.82) is 0 Å². The average Bonchev–Trinajstić information content (AvgIpc) is 2.59. The molecular formula is C19H32N4O2. The van der Waals surface area contributed by atoms with Gasteiger partial charge in [0.2, 0.25) is 0 Å². The molecule has 6 heteroatoms. The molecule has 140 valence electrons. The molecule has 0 bridgehead atoms. The third-order valence-electron chi connectivity index (χ3n) is 4.52. The fourth-order valence-electron chi connectivity index (χ4n) is 3.02. The second kappa shape index (κ2) is 10.3. The highest BCUT2D eigenvalue weighted by atomic mass is 16.3. The lowest BCUT2D eigenvalue weighted by Gasteiger charge is -2.36. The summed E-state index contributed by atoms with van der Waals surface area (Å²) in [5.41, 5.74) is 2.62. The highest BCUT2D eigenvalue weighted by Gasteiger charge is 2.16. The predicted molar refractivity (Wildman–Crippen MR) is 102 cm³/mol. The van der Waals surface area contributed by atoms with Crippen LogP contribution in [0, 0.1) is 6.92 Å². The quantitative estimate of drug-likeness (QED) is 0.624. The maximum atomic E-state index is 11.6. The Hall–Kier alpha value is -1.79. The van der Waals surface area contributed by atoms with Crippen LogP contribution in [0.3, 0.4) is 0 Å². The number of amides is 2. The Morgan fingerprint density at radius 2 is 1.92 bits per heavy atom. The number of aryl methyl sites for hydroxylation is 1. The summed E-state index contributed by atoms with van der Waals surface area (Å²) in [6.45, 7) is 10.3. The van der Waals surface area contributed by atoms with Crippen LogP contribution in [0.15, 0.2) is 24.3 Å². The summed E-state index contributed by atoms with van der Waals surface area (Å²) < 4.78 is 0. The predicted octanol–water partition coefficient (Wildman–Crippen LogP) is 1.58. The number of benzene rings is 1. The number of hydrogen-bond donors (Lipinski definition) is 3. The molecule has 25 heavy (non-hydrogen) atoms. The van der Waals surface area contributed by atoms with Gasteiger partial charge >= 0.3 is 6.03 Å². The van der Waals surface area contributed by atoms with E-state index in [4.69, 9.17) is 5.11 Å². The van der Waals surface area contributed by atoms with Gasteiger partial charge in [-0.1, -0.05) is 12.1 Å². The summed E-state index contributed by atoms with van der Waals surface area (Å²) in [7, 11) is 0. The summed E-state index contributed by atoms with van der Waals surface area (Å²) in [5.74, 6) is 0. The van der Waals surface area contributed by atoms with Gasteiger partial charge in [-0.25, -0.2) is 4.79 Å². The lowest BCUT2D eigenvalue weighted by molar-refractivity contribution is 0.183. The van der Waals surface area contributed by atoms with Crippen LogP contribution in [0.25, 0.3) is 0 Å². The van der Waals surface area contributed by atoms with Crippen LogP contribution in [-0.4, -0.2) is 68.0 Å². The van der Waals surface area contributed by atoms with Crippen molar-refractivity contribution in [3.05, 3.63) is 29.8 Å². The molecule has 2 rings (SSSR count). The fourth-order valence-corrected chi connectivity index (χ4v) is 3.02. The lowest BCUT2D eigenvalue weighted by Crippen LogP contribution is -2.47. The number of aliphatic hydroxyl groups excluding tert-OH is 1. The van der Waals surface area contributed by atoms with Crippen LogP contribution >= 0.6 is 0 Å². The largest absolute Gasteiger partial charge is 0.393 e. The van der Waals surface area contributed by atoms with Crippen LogP contribution in [0.4, 0.5) is 10.5 Å². The SMILES string of the molecule is Cc1cccc(N2CCN(CCCNC(=O)NCCC(C)O)CC2)c1. The first-order chi connectivity index (χ1) is 12.0. The molecule has 0 saturated carbocycles. The van der Waals surface area contributed by atoms with Crippen molar-refractivity contribution in [2.45, 2.75) is 32.8 Å². The lowest BCUT2D eigenvalue weighted by atomic mass is 10.2. The van der Waals surface area contributed by atoms with E-state index in [0.717, 1.165) is 39.1 Å². The van der Waals surface area contributed by atoms with E-state index in [1.165, 1.54) is 11.3 Å². The molecule has 0 radical (unpaired) electrons. The fraction of sp³-hybridized carbons (Fsp3) is 0.632. The number of anilines is 1. The van der Waals surface area contributed by atoms with Crippen LogP contribution in [0.1, 0.15) is 25.3 Å². The standard InChI is InChI=1S/C19H32N4O2/c1-16-5-3-6-18(15-16)23-13-11-22(12-14-23)10-4-8-20-19(25)21-9-7-17(2)24/h3,5-6,15,17,24H,4,7-14H2,1-2H3,(H2,20,21,25). The zero-order chi connectivity index (χ0) is 18.1. The number of carbonyl (C=O) groups is 1. The van der Waals surface area contributed by atoms with E-state index >= 15 is 0 Å². The maximum Gasteiger partial charge on any atom is 0.314 e. The molecule has 1 fully saturated rings. The summed E-state index contributed by atoms with van der Waals surface area (Å²) in [5, 5.41) is 14.8. The maximum absolute atomic E-state index is 11.6. The molecule has 1 atom stereocenters. The van der Waals surface area contributed by atoms with Crippen molar-refractivity contribution in [3.8, 4) is 0 Å². The van der Waals surface area contributed by atoms with Crippen LogP contribution in [0.2, 0.25) is 0 Å². The molecule has 0 spiro atoms. The highest BCUT2D eigenvalue weighted by molar-refractivity contribution is 5.73. The molecule has 0 aliphatic carbocycles. The first-order valence-electron chi connectivity index (χ1n) is 9.28. The minimum atomic E-state index is -0.376. The first kappa shape index (κ1) is 19.5. The molecule has 6 nitrogen and oxygen atoms in total. The van der Waals surface area contributed by atoms with Crippen LogP contribution in [0.5, 0.6) is 0 Å². The van der Waals surface area contributed by atoms with E-state index in [1.807, 2.05) is 0 Å². The smallest absolute Gasteiger partial charge is 0.314 e. The van der Waals surface area contributed by atoms with Gasteiger partial charge in [-0.15, -0.1) is 0 Å². The highest BCUT2D eigenvalue weighted by Crippen LogP contribution is 2.17. The van der Waals surface area contributed by atoms with Crippen molar-refractivity contribution >= 4 is 11.7 Å². The summed E-state index contributed by atoms with van der Waals surface area (Å²) in [4.78, 5) is 16.5. The second-order valence-corrected chi connectivity index (χ2v) is 6.84. The number of carbonyl (C=O) groups excluding carboxylic acids is 1. The number of nitrogens with one attached hydrogen (secondary N) is 2. The summed E-state index contributed by atoms with van der Waals surface area (Å²) in [6.07, 6.45) is 1.16. The molecule has 1 aliphatic rings. The zero-order valence-electron chi connectivity index (χ0n) is 15.5. The van der Waals surface area contributed by atoms with Gasteiger partial charge in [0.25, 0.3) is 0 Å². The Labute approximate surface area is 151 Å². The number of piperazine rings is 1. The number of hydrogen-bond acceptors (Lipinski definition) is 4. The Bertz CT molecular complexity index is 528. The van der Waals surface area contributed by atoms with E-state index in [-0.39, 0.29) is 12.1 Å². The number of urea groups is 1. The molecule has 3 N–H and O–H groups in total. The van der Waals surface area contributed by atoms with Gasteiger partial charge in [0.05, 0.1) is 6.10 Å². The van der Waals surface area contributed by atoms with Gasteiger partial charge in [-0.05, 0) is 50.9 Å². The Morgan fingerprint density at radius 1 is 1.20 bits per heavy atom. The Kier molecular flexibility index (Phi) is 8.01. The van der Waals surface area contributed by atoms with Crippen molar-refractivity contribution in [2.24, 2.45) is 0 Å². The molecule has 1 saturated heterocycles. The van der Waals surface area contributed by atoms with Crippen LogP contribution in [-0.2, 0) is 0 Å². The molecular weight excluding hydrogens is 316 g/mol.